The minimum absolute atomic E-state index is 0.0460. The molecule has 2 rings (SSSR count). The third kappa shape index (κ3) is 5.11. The summed E-state index contributed by atoms with van der Waals surface area (Å²) in [5.41, 5.74) is 1.65. The van der Waals surface area contributed by atoms with Crippen LogP contribution < -0.4 is 10.1 Å². The molecule has 6 heteroatoms. The van der Waals surface area contributed by atoms with Crippen molar-refractivity contribution in [2.75, 3.05) is 39.8 Å². The van der Waals surface area contributed by atoms with Crippen molar-refractivity contribution in [2.45, 2.75) is 27.7 Å². The van der Waals surface area contributed by atoms with E-state index < -0.39 is 0 Å². The Morgan fingerprint density at radius 3 is 2.28 bits per heavy atom. The van der Waals surface area contributed by atoms with E-state index in [-0.39, 0.29) is 17.4 Å². The zero-order chi connectivity index (χ0) is 18.6. The molecule has 1 saturated heterocycles. The van der Waals surface area contributed by atoms with Gasteiger partial charge >= 0.3 is 6.03 Å². The van der Waals surface area contributed by atoms with Crippen LogP contribution in [0.4, 0.5) is 4.79 Å². The second kappa shape index (κ2) is 7.76. The van der Waals surface area contributed by atoms with Crippen LogP contribution >= 0.6 is 0 Å². The number of carbonyl (C=O) groups is 2. The van der Waals surface area contributed by atoms with Gasteiger partial charge in [-0.25, -0.2) is 4.79 Å². The topological polar surface area (TPSA) is 61.9 Å². The maximum atomic E-state index is 12.8. The molecule has 0 spiro atoms. The summed E-state index contributed by atoms with van der Waals surface area (Å²) in [4.78, 5) is 28.6. The molecule has 6 nitrogen and oxygen atoms in total. The molecular weight excluding hydrogens is 318 g/mol. The monoisotopic (exact) mass is 347 g/mol. The highest BCUT2D eigenvalue weighted by molar-refractivity contribution is 5.97. The number of amides is 3. The van der Waals surface area contributed by atoms with Crippen LogP contribution in [-0.4, -0.2) is 61.6 Å². The Bertz CT molecular complexity index is 629. The van der Waals surface area contributed by atoms with Crippen LogP contribution in [0.25, 0.3) is 0 Å². The van der Waals surface area contributed by atoms with Crippen molar-refractivity contribution in [3.8, 4) is 5.75 Å². The summed E-state index contributed by atoms with van der Waals surface area (Å²) in [6.07, 6.45) is 0. The van der Waals surface area contributed by atoms with E-state index in [0.717, 1.165) is 5.56 Å². The van der Waals surface area contributed by atoms with Gasteiger partial charge in [-0.05, 0) is 24.5 Å². The molecule has 1 aromatic carbocycles. The summed E-state index contributed by atoms with van der Waals surface area (Å²) in [6, 6.07) is 5.53. The highest BCUT2D eigenvalue weighted by Gasteiger charge is 2.27. The Hall–Kier alpha value is -2.24. The van der Waals surface area contributed by atoms with Gasteiger partial charge in [-0.3, -0.25) is 4.79 Å². The zero-order valence-corrected chi connectivity index (χ0v) is 15.9. The lowest BCUT2D eigenvalue weighted by atomic mass is 9.97. The molecule has 0 aromatic heterocycles. The fraction of sp³-hybridized carbons (Fsp3) is 0.579. The van der Waals surface area contributed by atoms with Crippen molar-refractivity contribution >= 4 is 11.9 Å². The number of hydrogen-bond donors (Lipinski definition) is 1. The molecule has 1 heterocycles. The van der Waals surface area contributed by atoms with Gasteiger partial charge in [0, 0.05) is 32.7 Å². The smallest absolute Gasteiger partial charge is 0.317 e. The first-order valence-electron chi connectivity index (χ1n) is 8.68. The van der Waals surface area contributed by atoms with Crippen molar-refractivity contribution in [3.05, 3.63) is 29.3 Å². The second-order valence-electron chi connectivity index (χ2n) is 7.70. The number of urea groups is 1. The first kappa shape index (κ1) is 19.1. The Morgan fingerprint density at radius 1 is 1.12 bits per heavy atom. The first-order chi connectivity index (χ1) is 11.7. The molecule has 25 heavy (non-hydrogen) atoms. The van der Waals surface area contributed by atoms with Crippen molar-refractivity contribution in [1.29, 1.82) is 0 Å². The Kier molecular flexibility index (Phi) is 5.93. The maximum absolute atomic E-state index is 12.8. The molecule has 1 aromatic rings. The van der Waals surface area contributed by atoms with Crippen LogP contribution in [0.3, 0.4) is 0 Å². The first-order valence-corrected chi connectivity index (χ1v) is 8.68. The van der Waals surface area contributed by atoms with Gasteiger partial charge in [0.05, 0.1) is 12.7 Å². The molecule has 0 unspecified atom stereocenters. The average Bonchev–Trinajstić information content (AvgIpc) is 2.58. The van der Waals surface area contributed by atoms with Crippen molar-refractivity contribution in [3.63, 3.8) is 0 Å². The summed E-state index contributed by atoms with van der Waals surface area (Å²) in [5.74, 6) is 0.538. The van der Waals surface area contributed by atoms with Crippen LogP contribution in [0.5, 0.6) is 5.75 Å². The van der Waals surface area contributed by atoms with Gasteiger partial charge in [0.15, 0.2) is 0 Å². The lowest BCUT2D eigenvalue weighted by molar-refractivity contribution is 0.0660. The maximum Gasteiger partial charge on any atom is 0.317 e. The molecule has 3 amide bonds. The molecule has 0 bridgehead atoms. The molecule has 1 aliphatic rings. The quantitative estimate of drug-likeness (QED) is 0.914. The Morgan fingerprint density at radius 2 is 1.72 bits per heavy atom. The largest absolute Gasteiger partial charge is 0.496 e. The third-order valence-corrected chi connectivity index (χ3v) is 4.21. The molecule has 0 saturated carbocycles. The molecule has 1 fully saturated rings. The third-order valence-electron chi connectivity index (χ3n) is 4.21. The number of aryl methyl sites for hydroxylation is 1. The molecular formula is C19H29N3O3. The highest BCUT2D eigenvalue weighted by atomic mass is 16.5. The predicted octanol–water partition coefficient (Wildman–Crippen LogP) is 2.52. The lowest BCUT2D eigenvalue weighted by Gasteiger charge is -2.35. The van der Waals surface area contributed by atoms with Crippen molar-refractivity contribution in [2.24, 2.45) is 5.41 Å². The molecule has 138 valence electrons. The van der Waals surface area contributed by atoms with Crippen LogP contribution in [0.2, 0.25) is 0 Å². The van der Waals surface area contributed by atoms with E-state index in [0.29, 0.717) is 44.0 Å². The standard InChI is InChI=1S/C19H29N3O3/c1-14-6-7-16(25-5)15(12-14)17(23)21-8-10-22(11-9-21)18(24)20-13-19(2,3)4/h6-7,12H,8-11,13H2,1-5H3,(H,20,24). The Labute approximate surface area is 150 Å². The van der Waals surface area contributed by atoms with E-state index in [4.69, 9.17) is 4.74 Å². The van der Waals surface area contributed by atoms with Crippen LogP contribution in [0, 0.1) is 12.3 Å². The zero-order valence-electron chi connectivity index (χ0n) is 15.9. The lowest BCUT2D eigenvalue weighted by Crippen LogP contribution is -2.53. The number of benzene rings is 1. The number of hydrogen-bond acceptors (Lipinski definition) is 3. The van der Waals surface area contributed by atoms with Gasteiger partial charge in [0.1, 0.15) is 5.75 Å². The van der Waals surface area contributed by atoms with E-state index in [2.05, 4.69) is 26.1 Å². The number of carbonyl (C=O) groups excluding carboxylic acids is 2. The van der Waals surface area contributed by atoms with E-state index in [1.807, 2.05) is 25.1 Å². The number of piperazine rings is 1. The van der Waals surface area contributed by atoms with Gasteiger partial charge in [-0.1, -0.05) is 32.4 Å². The summed E-state index contributed by atoms with van der Waals surface area (Å²) in [7, 11) is 1.57. The number of nitrogens with one attached hydrogen (secondary N) is 1. The number of methoxy groups -OCH3 is 1. The van der Waals surface area contributed by atoms with Crippen LogP contribution in [0.1, 0.15) is 36.7 Å². The number of nitrogens with zero attached hydrogens (tertiary/aromatic N) is 2. The Balaban J connectivity index is 1.95. The van der Waals surface area contributed by atoms with Crippen LogP contribution in [0.15, 0.2) is 18.2 Å². The SMILES string of the molecule is COc1ccc(C)cc1C(=O)N1CCN(C(=O)NCC(C)(C)C)CC1. The van der Waals surface area contributed by atoms with Gasteiger partial charge in [-0.15, -0.1) is 0 Å². The van der Waals surface area contributed by atoms with Gasteiger partial charge in [0.2, 0.25) is 0 Å². The summed E-state index contributed by atoms with van der Waals surface area (Å²) in [5, 5.41) is 2.96. The predicted molar refractivity (Wildman–Crippen MR) is 98.1 cm³/mol. The van der Waals surface area contributed by atoms with E-state index in [9.17, 15) is 9.59 Å². The number of ether oxygens (including phenoxy) is 1. The molecule has 0 atom stereocenters. The fourth-order valence-corrected chi connectivity index (χ4v) is 2.72. The van der Waals surface area contributed by atoms with E-state index in [1.165, 1.54) is 0 Å². The molecule has 1 N–H and O–H groups in total. The summed E-state index contributed by atoms with van der Waals surface area (Å²) >= 11 is 0. The molecule has 1 aliphatic heterocycles. The molecule has 0 aliphatic carbocycles. The second-order valence-corrected chi connectivity index (χ2v) is 7.70. The number of rotatable bonds is 3. The average molecular weight is 347 g/mol. The van der Waals surface area contributed by atoms with E-state index in [1.54, 1.807) is 16.9 Å². The van der Waals surface area contributed by atoms with Gasteiger partial charge in [-0.2, -0.15) is 0 Å². The van der Waals surface area contributed by atoms with E-state index >= 15 is 0 Å². The minimum Gasteiger partial charge on any atom is -0.496 e. The van der Waals surface area contributed by atoms with Crippen LogP contribution in [-0.2, 0) is 0 Å². The summed E-state index contributed by atoms with van der Waals surface area (Å²) < 4.78 is 5.31. The minimum atomic E-state index is -0.0600. The van der Waals surface area contributed by atoms with Gasteiger partial charge in [0.25, 0.3) is 5.91 Å². The fourth-order valence-electron chi connectivity index (χ4n) is 2.72. The molecule has 0 radical (unpaired) electrons. The highest BCUT2D eigenvalue weighted by Crippen LogP contribution is 2.22. The van der Waals surface area contributed by atoms with Crippen molar-refractivity contribution < 1.29 is 14.3 Å². The van der Waals surface area contributed by atoms with Gasteiger partial charge < -0.3 is 19.9 Å². The summed E-state index contributed by atoms with van der Waals surface area (Å²) in [6.45, 7) is 11.0. The van der Waals surface area contributed by atoms with Crippen molar-refractivity contribution in [1.82, 2.24) is 15.1 Å². The normalized spacial score (nSPS) is 15.1.